The summed E-state index contributed by atoms with van der Waals surface area (Å²) < 4.78 is 11.9. The van der Waals surface area contributed by atoms with Crippen molar-refractivity contribution in [2.75, 3.05) is 13.2 Å². The molecule has 152 valence electrons. The van der Waals surface area contributed by atoms with Gasteiger partial charge in [-0.15, -0.1) is 0 Å². The zero-order valence-electron chi connectivity index (χ0n) is 18.6. The van der Waals surface area contributed by atoms with E-state index in [1.807, 2.05) is 0 Å². The van der Waals surface area contributed by atoms with Gasteiger partial charge >= 0.3 is 0 Å². The van der Waals surface area contributed by atoms with Crippen LogP contribution in [0.3, 0.4) is 0 Å². The van der Waals surface area contributed by atoms with E-state index in [-0.39, 0.29) is 0 Å². The molecule has 0 aliphatic carbocycles. The van der Waals surface area contributed by atoms with Gasteiger partial charge in [0.15, 0.2) is 5.79 Å². The van der Waals surface area contributed by atoms with Crippen LogP contribution >= 0.6 is 0 Å². The molecular formula is C24H44O2. The van der Waals surface area contributed by atoms with E-state index >= 15 is 0 Å². The van der Waals surface area contributed by atoms with Crippen LogP contribution in [0.4, 0.5) is 0 Å². The van der Waals surface area contributed by atoms with Crippen LogP contribution in [0.15, 0.2) is 34.9 Å². The van der Waals surface area contributed by atoms with Crippen molar-refractivity contribution in [2.45, 2.75) is 106 Å². The van der Waals surface area contributed by atoms with Crippen LogP contribution < -0.4 is 0 Å². The summed E-state index contributed by atoms with van der Waals surface area (Å²) in [5.74, 6) is -0.440. The van der Waals surface area contributed by atoms with Crippen molar-refractivity contribution in [1.82, 2.24) is 0 Å². The Labute approximate surface area is 163 Å². The van der Waals surface area contributed by atoms with E-state index in [1.165, 1.54) is 23.1 Å². The Morgan fingerprint density at radius 1 is 0.731 bits per heavy atom. The molecule has 0 aliphatic heterocycles. The molecule has 26 heavy (non-hydrogen) atoms. The van der Waals surface area contributed by atoms with Gasteiger partial charge in [-0.2, -0.15) is 0 Å². The van der Waals surface area contributed by atoms with Crippen molar-refractivity contribution in [3.8, 4) is 0 Å². The fourth-order valence-electron chi connectivity index (χ4n) is 2.74. The van der Waals surface area contributed by atoms with Gasteiger partial charge in [-0.3, -0.25) is 0 Å². The first-order valence-corrected chi connectivity index (χ1v) is 10.6. The minimum Gasteiger partial charge on any atom is -0.350 e. The Kier molecular flexibility index (Phi) is 14.7. The molecule has 2 heteroatoms. The van der Waals surface area contributed by atoms with Crippen molar-refractivity contribution >= 4 is 0 Å². The zero-order chi connectivity index (χ0) is 19.8. The minimum atomic E-state index is -0.440. The van der Waals surface area contributed by atoms with Crippen LogP contribution in [-0.4, -0.2) is 19.0 Å². The number of ether oxygens (including phenoxy) is 2. The highest BCUT2D eigenvalue weighted by atomic mass is 16.7. The highest BCUT2D eigenvalue weighted by Crippen LogP contribution is 2.22. The van der Waals surface area contributed by atoms with Crippen LogP contribution in [0, 0.1) is 0 Å². The molecule has 0 aromatic carbocycles. The molecule has 0 rings (SSSR count). The second-order valence-electron chi connectivity index (χ2n) is 7.83. The molecule has 0 spiro atoms. The summed E-state index contributed by atoms with van der Waals surface area (Å²) in [4.78, 5) is 0. The molecule has 0 saturated heterocycles. The van der Waals surface area contributed by atoms with Gasteiger partial charge in [0, 0.05) is 19.6 Å². The Morgan fingerprint density at radius 2 is 1.19 bits per heavy atom. The standard InChI is InChI=1S/C24H44O2/c1-8-19-25-24(7,26-20-9-2)18-12-17-23(6)16-11-15-22(5)14-10-13-21(3)4/h13,15,17H,8-12,14,16,18-20H2,1-7H3/b22-15+,23-17+. The molecular weight excluding hydrogens is 320 g/mol. The van der Waals surface area contributed by atoms with E-state index in [4.69, 9.17) is 9.47 Å². The fraction of sp³-hybridized carbons (Fsp3) is 0.750. The lowest BCUT2D eigenvalue weighted by Crippen LogP contribution is -2.33. The predicted octanol–water partition coefficient (Wildman–Crippen LogP) is 7.76. The molecule has 0 unspecified atom stereocenters. The zero-order valence-corrected chi connectivity index (χ0v) is 18.6. The average Bonchev–Trinajstić information content (AvgIpc) is 2.58. The highest BCUT2D eigenvalue weighted by Gasteiger charge is 2.24. The third-order valence-electron chi connectivity index (χ3n) is 4.44. The number of allylic oxidation sites excluding steroid dienone is 6. The quantitative estimate of drug-likeness (QED) is 0.218. The number of rotatable bonds is 15. The van der Waals surface area contributed by atoms with Crippen LogP contribution in [-0.2, 0) is 9.47 Å². The van der Waals surface area contributed by atoms with E-state index in [0.717, 1.165) is 58.2 Å². The molecule has 0 amide bonds. The fourth-order valence-corrected chi connectivity index (χ4v) is 2.74. The molecule has 0 aromatic heterocycles. The lowest BCUT2D eigenvalue weighted by atomic mass is 10.0. The molecule has 0 N–H and O–H groups in total. The summed E-state index contributed by atoms with van der Waals surface area (Å²) in [6.45, 7) is 16.7. The number of hydrogen-bond donors (Lipinski definition) is 0. The van der Waals surface area contributed by atoms with Gasteiger partial charge in [-0.1, -0.05) is 48.8 Å². The van der Waals surface area contributed by atoms with Gasteiger partial charge < -0.3 is 9.47 Å². The summed E-state index contributed by atoms with van der Waals surface area (Å²) in [5.41, 5.74) is 4.38. The smallest absolute Gasteiger partial charge is 0.165 e. The van der Waals surface area contributed by atoms with Gasteiger partial charge in [0.05, 0.1) is 0 Å². The van der Waals surface area contributed by atoms with Crippen molar-refractivity contribution in [3.05, 3.63) is 34.9 Å². The normalized spacial score (nSPS) is 13.2. The third kappa shape index (κ3) is 14.3. The Bertz CT molecular complexity index is 431. The molecule has 0 heterocycles. The van der Waals surface area contributed by atoms with Gasteiger partial charge in [0.1, 0.15) is 0 Å². The first-order chi connectivity index (χ1) is 12.3. The van der Waals surface area contributed by atoms with Gasteiger partial charge in [0.2, 0.25) is 0 Å². The van der Waals surface area contributed by atoms with E-state index < -0.39 is 5.79 Å². The summed E-state index contributed by atoms with van der Waals surface area (Å²) in [7, 11) is 0. The molecule has 0 fully saturated rings. The topological polar surface area (TPSA) is 18.5 Å². The van der Waals surface area contributed by atoms with E-state index in [1.54, 1.807) is 0 Å². The first kappa shape index (κ1) is 25.1. The lowest BCUT2D eigenvalue weighted by Gasteiger charge is -2.29. The molecule has 0 saturated carbocycles. The lowest BCUT2D eigenvalue weighted by molar-refractivity contribution is -0.228. The predicted molar refractivity (Wildman–Crippen MR) is 116 cm³/mol. The first-order valence-electron chi connectivity index (χ1n) is 10.6. The minimum absolute atomic E-state index is 0.440. The monoisotopic (exact) mass is 364 g/mol. The SMILES string of the molecule is CCCOC(C)(CC/C=C(\C)CC/C=C(\C)CCC=C(C)C)OCCC. The van der Waals surface area contributed by atoms with Crippen LogP contribution in [0.1, 0.15) is 99.8 Å². The molecule has 0 bridgehead atoms. The maximum atomic E-state index is 5.96. The molecule has 0 aromatic rings. The Morgan fingerprint density at radius 3 is 1.65 bits per heavy atom. The van der Waals surface area contributed by atoms with Crippen molar-refractivity contribution < 1.29 is 9.47 Å². The van der Waals surface area contributed by atoms with Gasteiger partial charge in [-0.05, 0) is 79.6 Å². The molecule has 2 nitrogen and oxygen atoms in total. The van der Waals surface area contributed by atoms with Crippen molar-refractivity contribution in [1.29, 1.82) is 0 Å². The van der Waals surface area contributed by atoms with Crippen LogP contribution in [0.5, 0.6) is 0 Å². The second kappa shape index (κ2) is 15.2. The third-order valence-corrected chi connectivity index (χ3v) is 4.44. The van der Waals surface area contributed by atoms with Crippen LogP contribution in [0.2, 0.25) is 0 Å². The summed E-state index contributed by atoms with van der Waals surface area (Å²) in [6.07, 6.45) is 15.7. The summed E-state index contributed by atoms with van der Waals surface area (Å²) >= 11 is 0. The van der Waals surface area contributed by atoms with E-state index in [9.17, 15) is 0 Å². The van der Waals surface area contributed by atoms with Crippen LogP contribution in [0.25, 0.3) is 0 Å². The Hall–Kier alpha value is -0.860. The number of hydrogen-bond acceptors (Lipinski definition) is 2. The maximum absolute atomic E-state index is 5.96. The second-order valence-corrected chi connectivity index (χ2v) is 7.83. The summed E-state index contributed by atoms with van der Waals surface area (Å²) in [5, 5.41) is 0. The van der Waals surface area contributed by atoms with E-state index in [2.05, 4.69) is 66.7 Å². The highest BCUT2D eigenvalue weighted by molar-refractivity contribution is 5.05. The molecule has 0 aliphatic rings. The van der Waals surface area contributed by atoms with Gasteiger partial charge in [0.25, 0.3) is 0 Å². The largest absolute Gasteiger partial charge is 0.350 e. The van der Waals surface area contributed by atoms with Gasteiger partial charge in [-0.25, -0.2) is 0 Å². The Balaban J connectivity index is 4.26. The van der Waals surface area contributed by atoms with E-state index in [0.29, 0.717) is 0 Å². The van der Waals surface area contributed by atoms with Crippen molar-refractivity contribution in [3.63, 3.8) is 0 Å². The van der Waals surface area contributed by atoms with Crippen molar-refractivity contribution in [2.24, 2.45) is 0 Å². The molecule has 0 atom stereocenters. The maximum Gasteiger partial charge on any atom is 0.165 e. The molecule has 0 radical (unpaired) electrons. The summed E-state index contributed by atoms with van der Waals surface area (Å²) in [6, 6.07) is 0. The average molecular weight is 365 g/mol.